The lowest BCUT2D eigenvalue weighted by molar-refractivity contribution is 0.139. The number of ether oxygens (including phenoxy) is 1. The third-order valence-electron chi connectivity index (χ3n) is 4.37. The molecular formula is C23H18BrNOS. The predicted molar refractivity (Wildman–Crippen MR) is 116 cm³/mol. The van der Waals surface area contributed by atoms with E-state index < -0.39 is 0 Å². The van der Waals surface area contributed by atoms with Crippen LogP contribution in [-0.4, -0.2) is 12.1 Å². The first kappa shape index (κ1) is 18.1. The highest BCUT2D eigenvalue weighted by Crippen LogP contribution is 2.41. The molecular weight excluding hydrogens is 418 g/mol. The van der Waals surface area contributed by atoms with Crippen molar-refractivity contribution in [2.75, 3.05) is 7.11 Å². The molecule has 2 nitrogen and oxygen atoms in total. The minimum absolute atomic E-state index is 0.153. The zero-order valence-corrected chi connectivity index (χ0v) is 17.2. The number of nitrogens with zero attached hydrogens (tertiary/aromatic N) is 1. The Balaban J connectivity index is 1.88. The molecule has 0 aliphatic heterocycles. The van der Waals surface area contributed by atoms with E-state index in [1.54, 1.807) is 18.4 Å². The molecule has 134 valence electrons. The second-order valence-electron chi connectivity index (χ2n) is 6.13. The summed E-state index contributed by atoms with van der Waals surface area (Å²) in [6.07, 6.45) is -0.153. The van der Waals surface area contributed by atoms with Crippen molar-refractivity contribution >= 4 is 27.3 Å². The van der Waals surface area contributed by atoms with E-state index in [4.69, 9.17) is 9.72 Å². The van der Waals surface area contributed by atoms with Crippen molar-refractivity contribution in [3.63, 3.8) is 0 Å². The molecule has 0 saturated carbocycles. The predicted octanol–water partition coefficient (Wildman–Crippen LogP) is 6.98. The molecule has 4 heteroatoms. The van der Waals surface area contributed by atoms with Gasteiger partial charge in [-0.05, 0) is 17.7 Å². The van der Waals surface area contributed by atoms with Gasteiger partial charge in [-0.1, -0.05) is 88.7 Å². The van der Waals surface area contributed by atoms with Crippen molar-refractivity contribution in [1.82, 2.24) is 4.98 Å². The topological polar surface area (TPSA) is 22.1 Å². The van der Waals surface area contributed by atoms with Crippen molar-refractivity contribution in [1.29, 1.82) is 0 Å². The van der Waals surface area contributed by atoms with Crippen LogP contribution in [0.5, 0.6) is 0 Å². The summed E-state index contributed by atoms with van der Waals surface area (Å²) in [6.45, 7) is 0. The van der Waals surface area contributed by atoms with Crippen LogP contribution in [0.1, 0.15) is 16.5 Å². The van der Waals surface area contributed by atoms with E-state index in [9.17, 15) is 0 Å². The van der Waals surface area contributed by atoms with Gasteiger partial charge >= 0.3 is 0 Å². The van der Waals surface area contributed by atoms with E-state index >= 15 is 0 Å². The molecule has 0 aliphatic carbocycles. The smallest absolute Gasteiger partial charge is 0.124 e. The van der Waals surface area contributed by atoms with Crippen molar-refractivity contribution in [3.05, 3.63) is 99.8 Å². The average Bonchev–Trinajstić information content (AvgIpc) is 3.16. The van der Waals surface area contributed by atoms with E-state index in [0.29, 0.717) is 0 Å². The molecule has 0 bridgehead atoms. The number of halogens is 1. The van der Waals surface area contributed by atoms with Crippen molar-refractivity contribution in [3.8, 4) is 21.8 Å². The summed E-state index contributed by atoms with van der Waals surface area (Å²) in [6, 6.07) is 28.9. The Morgan fingerprint density at radius 2 is 1.44 bits per heavy atom. The average molecular weight is 436 g/mol. The molecule has 1 heterocycles. The maximum Gasteiger partial charge on any atom is 0.124 e. The SMILES string of the molecule is COC(c1ccccc1)c1sc(-c2ccccc2)nc1-c1ccc(Br)cc1. The first-order chi connectivity index (χ1) is 13.3. The first-order valence-corrected chi connectivity index (χ1v) is 10.3. The fraction of sp³-hybridized carbons (Fsp3) is 0.0870. The standard InChI is InChI=1S/C23H18BrNOS/c1-26-21(17-8-4-2-5-9-17)22-20(16-12-14-19(24)15-13-16)25-23(27-22)18-10-6-3-7-11-18/h2-15,21H,1H3. The molecule has 1 unspecified atom stereocenters. The third kappa shape index (κ3) is 3.88. The van der Waals surface area contributed by atoms with Gasteiger partial charge in [-0.3, -0.25) is 0 Å². The summed E-state index contributed by atoms with van der Waals surface area (Å²) in [4.78, 5) is 6.11. The van der Waals surface area contributed by atoms with E-state index in [1.165, 1.54) is 0 Å². The molecule has 4 rings (SSSR count). The molecule has 0 spiro atoms. The molecule has 3 aromatic carbocycles. The largest absolute Gasteiger partial charge is 0.371 e. The number of benzene rings is 3. The summed E-state index contributed by atoms with van der Waals surface area (Å²) in [5, 5.41) is 1.00. The summed E-state index contributed by atoms with van der Waals surface area (Å²) < 4.78 is 6.97. The van der Waals surface area contributed by atoms with Gasteiger partial charge in [0.1, 0.15) is 11.1 Å². The minimum atomic E-state index is -0.153. The lowest BCUT2D eigenvalue weighted by atomic mass is 10.0. The number of hydrogen-bond acceptors (Lipinski definition) is 3. The Labute approximate surface area is 171 Å². The fourth-order valence-corrected chi connectivity index (χ4v) is 4.51. The van der Waals surface area contributed by atoms with E-state index in [1.807, 2.05) is 48.5 Å². The fourth-order valence-electron chi connectivity index (χ4n) is 3.05. The van der Waals surface area contributed by atoms with Crippen LogP contribution in [0.25, 0.3) is 21.8 Å². The second kappa shape index (κ2) is 8.17. The van der Waals surface area contributed by atoms with Crippen LogP contribution in [0, 0.1) is 0 Å². The summed E-state index contributed by atoms with van der Waals surface area (Å²) >= 11 is 5.21. The zero-order chi connectivity index (χ0) is 18.6. The Bertz CT molecular complexity index is 1010. The van der Waals surface area contributed by atoms with Crippen LogP contribution in [0.2, 0.25) is 0 Å². The monoisotopic (exact) mass is 435 g/mol. The lowest BCUT2D eigenvalue weighted by Crippen LogP contribution is -2.03. The number of thiazole rings is 1. The van der Waals surface area contributed by atoms with Crippen LogP contribution in [-0.2, 0) is 4.74 Å². The highest BCUT2D eigenvalue weighted by Gasteiger charge is 2.23. The maximum absolute atomic E-state index is 5.92. The molecule has 27 heavy (non-hydrogen) atoms. The number of hydrogen-bond donors (Lipinski definition) is 0. The van der Waals surface area contributed by atoms with Gasteiger partial charge in [-0.15, -0.1) is 11.3 Å². The molecule has 0 N–H and O–H groups in total. The molecule has 0 radical (unpaired) electrons. The van der Waals surface area contributed by atoms with Gasteiger partial charge in [0, 0.05) is 22.7 Å². The molecule has 0 aliphatic rings. The summed E-state index contributed by atoms with van der Waals surface area (Å²) in [5.74, 6) is 0. The Hall–Kier alpha value is -2.27. The quantitative estimate of drug-likeness (QED) is 0.337. The normalized spacial score (nSPS) is 12.1. The molecule has 1 aromatic heterocycles. The third-order valence-corrected chi connectivity index (χ3v) is 6.04. The van der Waals surface area contributed by atoms with E-state index in [-0.39, 0.29) is 6.10 Å². The van der Waals surface area contributed by atoms with E-state index in [0.717, 1.165) is 36.7 Å². The van der Waals surface area contributed by atoms with Gasteiger partial charge in [-0.25, -0.2) is 4.98 Å². The van der Waals surface area contributed by atoms with Gasteiger partial charge in [0.15, 0.2) is 0 Å². The lowest BCUT2D eigenvalue weighted by Gasteiger charge is -2.15. The van der Waals surface area contributed by atoms with Gasteiger partial charge < -0.3 is 4.74 Å². The molecule has 0 fully saturated rings. The maximum atomic E-state index is 5.92. The van der Waals surface area contributed by atoms with Crippen LogP contribution in [0.3, 0.4) is 0 Å². The highest BCUT2D eigenvalue weighted by molar-refractivity contribution is 9.10. The van der Waals surface area contributed by atoms with Gasteiger partial charge in [-0.2, -0.15) is 0 Å². The minimum Gasteiger partial charge on any atom is -0.371 e. The first-order valence-electron chi connectivity index (χ1n) is 8.66. The van der Waals surface area contributed by atoms with Crippen molar-refractivity contribution < 1.29 is 4.74 Å². The summed E-state index contributed by atoms with van der Waals surface area (Å²) in [5.41, 5.74) is 4.31. The van der Waals surface area contributed by atoms with E-state index in [2.05, 4.69) is 52.3 Å². The Morgan fingerprint density at radius 1 is 0.815 bits per heavy atom. The van der Waals surface area contributed by atoms with Gasteiger partial charge in [0.2, 0.25) is 0 Å². The molecule has 1 atom stereocenters. The van der Waals surface area contributed by atoms with Crippen LogP contribution in [0.4, 0.5) is 0 Å². The number of methoxy groups -OCH3 is 1. The van der Waals surface area contributed by atoms with Crippen molar-refractivity contribution in [2.45, 2.75) is 6.10 Å². The van der Waals surface area contributed by atoms with Crippen LogP contribution < -0.4 is 0 Å². The highest BCUT2D eigenvalue weighted by atomic mass is 79.9. The second-order valence-corrected chi connectivity index (χ2v) is 8.08. The zero-order valence-electron chi connectivity index (χ0n) is 14.8. The Morgan fingerprint density at radius 3 is 2.07 bits per heavy atom. The number of aromatic nitrogens is 1. The Kier molecular flexibility index (Phi) is 5.48. The van der Waals surface area contributed by atoms with Gasteiger partial charge in [0.25, 0.3) is 0 Å². The molecule has 0 saturated heterocycles. The summed E-state index contributed by atoms with van der Waals surface area (Å²) in [7, 11) is 1.75. The van der Waals surface area contributed by atoms with Crippen LogP contribution in [0.15, 0.2) is 89.4 Å². The molecule has 0 amide bonds. The molecule has 4 aromatic rings. The van der Waals surface area contributed by atoms with Crippen molar-refractivity contribution in [2.24, 2.45) is 0 Å². The number of rotatable bonds is 5. The van der Waals surface area contributed by atoms with Crippen LogP contribution >= 0.6 is 27.3 Å². The van der Waals surface area contributed by atoms with Gasteiger partial charge in [0.05, 0.1) is 10.6 Å².